The van der Waals surface area contributed by atoms with Gasteiger partial charge in [-0.05, 0) is 31.5 Å². The van der Waals surface area contributed by atoms with Crippen molar-refractivity contribution < 1.29 is 9.59 Å². The number of hydrogen-bond donors (Lipinski definition) is 0. The lowest BCUT2D eigenvalue weighted by Gasteiger charge is -2.19. The van der Waals surface area contributed by atoms with Crippen LogP contribution in [-0.2, 0) is 4.32 Å². The van der Waals surface area contributed by atoms with Gasteiger partial charge in [0.25, 0.3) is 0 Å². The van der Waals surface area contributed by atoms with Gasteiger partial charge in [0.05, 0.1) is 0 Å². The maximum atomic E-state index is 12.7. The molecule has 0 N–H and O–H groups in total. The smallest absolute Gasteiger partial charge is 0.192 e. The molecule has 1 aromatic carbocycles. The van der Waals surface area contributed by atoms with Crippen LogP contribution in [0.15, 0.2) is 36.4 Å². The number of hydrogen-bond acceptors (Lipinski definition) is 3. The number of fused-ring (bicyclic) bond motifs is 1. The number of pyridine rings is 1. The Hall–Kier alpha value is -1.81. The second kappa shape index (κ2) is 4.35. The molecule has 0 fully saturated rings. The molecule has 20 heavy (non-hydrogen) atoms. The van der Waals surface area contributed by atoms with Gasteiger partial charge in [-0.3, -0.25) is 14.6 Å². The minimum Gasteiger partial charge on any atom is -0.292 e. The molecule has 0 atom stereocenters. The highest BCUT2D eigenvalue weighted by Crippen LogP contribution is 2.44. The van der Waals surface area contributed by atoms with Crippen molar-refractivity contribution in [2.75, 3.05) is 0 Å². The summed E-state index contributed by atoms with van der Waals surface area (Å²) in [5.41, 5.74) is 3.17. The second-order valence-corrected chi connectivity index (χ2v) is 6.19. The Kier molecular flexibility index (Phi) is 2.87. The summed E-state index contributed by atoms with van der Waals surface area (Å²) in [5, 5.41) is 0. The maximum absolute atomic E-state index is 12.7. The van der Waals surface area contributed by atoms with E-state index in [-0.39, 0.29) is 11.6 Å². The zero-order valence-corrected chi connectivity index (χ0v) is 12.7. The monoisotopic (exact) mass is 329 g/mol. The van der Waals surface area contributed by atoms with E-state index in [9.17, 15) is 9.59 Å². The van der Waals surface area contributed by atoms with Crippen molar-refractivity contribution in [3.63, 3.8) is 0 Å². The van der Waals surface area contributed by atoms with Crippen molar-refractivity contribution in [1.82, 2.24) is 4.98 Å². The van der Waals surface area contributed by atoms with E-state index in [0.717, 1.165) is 11.4 Å². The van der Waals surface area contributed by atoms with Crippen LogP contribution in [-0.4, -0.2) is 16.6 Å². The minimum absolute atomic E-state index is 0.205. The number of Topliss-reactive ketones (excluding diaryl/α,β-unsaturated/α-hetero) is 2. The number of halogens is 1. The number of rotatable bonds is 1. The first kappa shape index (κ1) is 13.2. The lowest BCUT2D eigenvalue weighted by atomic mass is 9.93. The quantitative estimate of drug-likeness (QED) is 0.595. The number of ketones is 2. The lowest BCUT2D eigenvalue weighted by molar-refractivity contribution is 0.0871. The lowest BCUT2D eigenvalue weighted by Crippen LogP contribution is -2.31. The maximum Gasteiger partial charge on any atom is 0.192 e. The first-order chi connectivity index (χ1) is 9.44. The number of benzene rings is 1. The molecule has 1 aromatic heterocycles. The highest BCUT2D eigenvalue weighted by molar-refractivity contribution is 9.10. The van der Waals surface area contributed by atoms with Gasteiger partial charge in [-0.25, -0.2) is 0 Å². The highest BCUT2D eigenvalue weighted by Gasteiger charge is 2.52. The van der Waals surface area contributed by atoms with Gasteiger partial charge in [0, 0.05) is 22.5 Å². The predicted molar refractivity (Wildman–Crippen MR) is 79.4 cm³/mol. The van der Waals surface area contributed by atoms with E-state index in [1.165, 1.54) is 0 Å². The van der Waals surface area contributed by atoms with Crippen LogP contribution in [0.25, 0.3) is 0 Å². The Morgan fingerprint density at radius 1 is 0.950 bits per heavy atom. The van der Waals surface area contributed by atoms with Crippen molar-refractivity contribution in [2.45, 2.75) is 18.2 Å². The van der Waals surface area contributed by atoms with Crippen LogP contribution in [0.2, 0.25) is 0 Å². The minimum atomic E-state index is -1.31. The molecule has 0 saturated carbocycles. The van der Waals surface area contributed by atoms with E-state index in [2.05, 4.69) is 20.9 Å². The van der Waals surface area contributed by atoms with Crippen LogP contribution >= 0.6 is 15.9 Å². The Bertz CT molecular complexity index is 697. The average Bonchev–Trinajstić information content (AvgIpc) is 2.62. The number of carbonyl (C=O) groups excluding carboxylic acids is 2. The second-order valence-electron chi connectivity index (χ2n) is 5.00. The van der Waals surface area contributed by atoms with Gasteiger partial charge in [0.15, 0.2) is 15.9 Å². The van der Waals surface area contributed by atoms with Gasteiger partial charge < -0.3 is 0 Å². The summed E-state index contributed by atoms with van der Waals surface area (Å²) in [6.45, 7) is 3.70. The molecule has 0 spiro atoms. The molecular formula is C16H12BrNO2. The van der Waals surface area contributed by atoms with Crippen molar-refractivity contribution in [3.05, 3.63) is 64.5 Å². The molecule has 1 aliphatic rings. The van der Waals surface area contributed by atoms with Crippen molar-refractivity contribution in [1.29, 1.82) is 0 Å². The summed E-state index contributed by atoms with van der Waals surface area (Å²) in [6, 6.07) is 10.5. The molecule has 0 saturated heterocycles. The van der Waals surface area contributed by atoms with E-state index >= 15 is 0 Å². The number of alkyl halides is 1. The van der Waals surface area contributed by atoms with E-state index in [1.807, 2.05) is 13.8 Å². The van der Waals surface area contributed by atoms with Gasteiger partial charge >= 0.3 is 0 Å². The molecular weight excluding hydrogens is 318 g/mol. The number of aromatic nitrogens is 1. The summed E-state index contributed by atoms with van der Waals surface area (Å²) in [5.74, 6) is -0.411. The normalized spacial score (nSPS) is 16.4. The Balaban J connectivity index is 2.24. The van der Waals surface area contributed by atoms with Gasteiger partial charge in [-0.15, -0.1) is 0 Å². The molecule has 3 rings (SSSR count). The Labute approximate surface area is 125 Å². The molecule has 0 bridgehead atoms. The molecule has 0 amide bonds. The van der Waals surface area contributed by atoms with Gasteiger partial charge in [0.1, 0.15) is 0 Å². The van der Waals surface area contributed by atoms with Crippen LogP contribution in [0, 0.1) is 13.8 Å². The van der Waals surface area contributed by atoms with Crippen LogP contribution in [0.5, 0.6) is 0 Å². The molecule has 4 heteroatoms. The third kappa shape index (κ3) is 1.68. The molecule has 0 unspecified atom stereocenters. The third-order valence-corrected chi connectivity index (χ3v) is 4.70. The van der Waals surface area contributed by atoms with Crippen LogP contribution in [0.4, 0.5) is 0 Å². The largest absolute Gasteiger partial charge is 0.292 e. The first-order valence-electron chi connectivity index (χ1n) is 6.28. The number of aryl methyl sites for hydroxylation is 2. The van der Waals surface area contributed by atoms with Crippen LogP contribution < -0.4 is 0 Å². The number of carbonyl (C=O) groups is 2. The molecule has 2 aromatic rings. The molecule has 1 heterocycles. The summed E-state index contributed by atoms with van der Waals surface area (Å²) in [6.07, 6.45) is 0. The summed E-state index contributed by atoms with van der Waals surface area (Å²) >= 11 is 3.41. The Morgan fingerprint density at radius 3 is 1.85 bits per heavy atom. The zero-order chi connectivity index (χ0) is 14.5. The standard InChI is InChI=1S/C16H12BrNO2/c1-9-7-11(8-10(2)18-9)16(17)14(19)12-5-3-4-6-13(12)15(16)20/h3-8H,1-2H3. The zero-order valence-electron chi connectivity index (χ0n) is 11.1. The van der Waals surface area contributed by atoms with Crippen molar-refractivity contribution in [2.24, 2.45) is 0 Å². The molecule has 100 valence electrons. The average molecular weight is 330 g/mol. The fourth-order valence-corrected chi connectivity index (χ4v) is 3.31. The van der Waals surface area contributed by atoms with Gasteiger partial charge in [-0.1, -0.05) is 40.2 Å². The van der Waals surface area contributed by atoms with E-state index in [1.54, 1.807) is 36.4 Å². The first-order valence-corrected chi connectivity index (χ1v) is 7.07. The van der Waals surface area contributed by atoms with Gasteiger partial charge in [-0.2, -0.15) is 0 Å². The van der Waals surface area contributed by atoms with Crippen LogP contribution in [0.1, 0.15) is 37.7 Å². The molecule has 0 aliphatic heterocycles. The van der Waals surface area contributed by atoms with Crippen LogP contribution in [0.3, 0.4) is 0 Å². The number of nitrogens with zero attached hydrogens (tertiary/aromatic N) is 1. The molecule has 0 radical (unpaired) electrons. The van der Waals surface area contributed by atoms with Crippen molar-refractivity contribution in [3.8, 4) is 0 Å². The Morgan fingerprint density at radius 2 is 1.40 bits per heavy atom. The molecule has 3 nitrogen and oxygen atoms in total. The van der Waals surface area contributed by atoms with E-state index in [4.69, 9.17) is 0 Å². The fraction of sp³-hybridized carbons (Fsp3) is 0.188. The topological polar surface area (TPSA) is 47.0 Å². The van der Waals surface area contributed by atoms with E-state index < -0.39 is 4.32 Å². The van der Waals surface area contributed by atoms with E-state index in [0.29, 0.717) is 16.7 Å². The fourth-order valence-electron chi connectivity index (χ4n) is 2.65. The predicted octanol–water partition coefficient (Wildman–Crippen LogP) is 3.37. The summed E-state index contributed by atoms with van der Waals surface area (Å²) in [7, 11) is 0. The van der Waals surface area contributed by atoms with Gasteiger partial charge in [0.2, 0.25) is 0 Å². The third-order valence-electron chi connectivity index (χ3n) is 3.52. The van der Waals surface area contributed by atoms with Crippen molar-refractivity contribution >= 4 is 27.5 Å². The summed E-state index contributed by atoms with van der Waals surface area (Å²) in [4.78, 5) is 29.6. The SMILES string of the molecule is Cc1cc(C2(Br)C(=O)c3ccccc3C2=O)cc(C)n1. The highest BCUT2D eigenvalue weighted by atomic mass is 79.9. The molecule has 1 aliphatic carbocycles. The summed E-state index contributed by atoms with van der Waals surface area (Å²) < 4.78 is -1.31.